The molecule has 2 rings (SSSR count). The van der Waals surface area contributed by atoms with Crippen molar-refractivity contribution in [1.29, 1.82) is 0 Å². The number of sulfonamides is 1. The lowest BCUT2D eigenvalue weighted by Gasteiger charge is -2.22. The molecular weight excluding hydrogens is 450 g/mol. The number of nitrogens with one attached hydrogen (secondary N) is 2. The van der Waals surface area contributed by atoms with E-state index in [9.17, 15) is 18.0 Å². The molecule has 0 bridgehead atoms. The number of rotatable bonds is 10. The third-order valence-corrected chi connectivity index (χ3v) is 7.35. The summed E-state index contributed by atoms with van der Waals surface area (Å²) in [6.07, 6.45) is 0. The van der Waals surface area contributed by atoms with Gasteiger partial charge in [-0.15, -0.1) is 0 Å². The van der Waals surface area contributed by atoms with Crippen LogP contribution in [0.5, 0.6) is 0 Å². The highest BCUT2D eigenvalue weighted by Crippen LogP contribution is 2.17. The zero-order chi connectivity index (χ0) is 23.9. The van der Waals surface area contributed by atoms with E-state index in [2.05, 4.69) is 10.6 Å². The fourth-order valence-electron chi connectivity index (χ4n) is 3.17. The molecule has 174 valence electrons. The van der Waals surface area contributed by atoms with Gasteiger partial charge in [0.2, 0.25) is 15.9 Å². The highest BCUT2D eigenvalue weighted by molar-refractivity contribution is 7.89. The van der Waals surface area contributed by atoms with Crippen molar-refractivity contribution in [3.8, 4) is 0 Å². The van der Waals surface area contributed by atoms with Gasteiger partial charge < -0.3 is 10.6 Å². The SMILES string of the molecule is CCN(CC)S(=O)(=O)c1cccc(C(=O)N[C@H](C(=O)NCc2ccc(Cl)cc2)C(C)C)c1. The summed E-state index contributed by atoms with van der Waals surface area (Å²) < 4.78 is 26.9. The van der Waals surface area contributed by atoms with Gasteiger partial charge >= 0.3 is 0 Å². The van der Waals surface area contributed by atoms with E-state index in [-0.39, 0.29) is 22.3 Å². The molecule has 32 heavy (non-hydrogen) atoms. The Morgan fingerprint density at radius 1 is 1.03 bits per heavy atom. The molecule has 1 atom stereocenters. The molecule has 2 amide bonds. The smallest absolute Gasteiger partial charge is 0.251 e. The molecule has 0 heterocycles. The summed E-state index contributed by atoms with van der Waals surface area (Å²) in [6, 6.07) is 12.2. The van der Waals surface area contributed by atoms with Crippen molar-refractivity contribution in [2.24, 2.45) is 5.92 Å². The first-order chi connectivity index (χ1) is 15.1. The average molecular weight is 480 g/mol. The Hall–Kier alpha value is -2.42. The van der Waals surface area contributed by atoms with E-state index in [1.165, 1.54) is 28.6 Å². The summed E-state index contributed by atoms with van der Waals surface area (Å²) in [6.45, 7) is 8.13. The van der Waals surface area contributed by atoms with Crippen molar-refractivity contribution >= 4 is 33.4 Å². The number of benzene rings is 2. The Balaban J connectivity index is 2.14. The van der Waals surface area contributed by atoms with Gasteiger partial charge in [0.15, 0.2) is 0 Å². The Bertz CT molecular complexity index is 1040. The minimum absolute atomic E-state index is 0.0436. The fraction of sp³-hybridized carbons (Fsp3) is 0.391. The number of amides is 2. The van der Waals surface area contributed by atoms with E-state index in [0.29, 0.717) is 24.7 Å². The van der Waals surface area contributed by atoms with Crippen LogP contribution in [-0.4, -0.2) is 43.7 Å². The maximum Gasteiger partial charge on any atom is 0.251 e. The second-order valence-corrected chi connectivity index (χ2v) is 10.0. The van der Waals surface area contributed by atoms with E-state index < -0.39 is 22.0 Å². The molecule has 2 N–H and O–H groups in total. The quantitative estimate of drug-likeness (QED) is 0.545. The van der Waals surface area contributed by atoms with Gasteiger partial charge in [0, 0.05) is 30.2 Å². The number of nitrogens with zero attached hydrogens (tertiary/aromatic N) is 1. The lowest BCUT2D eigenvalue weighted by molar-refractivity contribution is -0.124. The molecule has 0 radical (unpaired) electrons. The second-order valence-electron chi connectivity index (χ2n) is 7.66. The van der Waals surface area contributed by atoms with Gasteiger partial charge in [-0.05, 0) is 41.8 Å². The summed E-state index contributed by atoms with van der Waals surface area (Å²) in [5, 5.41) is 6.17. The van der Waals surface area contributed by atoms with Gasteiger partial charge in [0.1, 0.15) is 6.04 Å². The Kier molecular flexibility index (Phi) is 9.24. The third kappa shape index (κ3) is 6.54. The molecule has 0 aliphatic heterocycles. The van der Waals surface area contributed by atoms with Crippen LogP contribution in [0.2, 0.25) is 5.02 Å². The Labute approximate surface area is 195 Å². The highest BCUT2D eigenvalue weighted by atomic mass is 35.5. The van der Waals surface area contributed by atoms with Gasteiger partial charge in [-0.25, -0.2) is 8.42 Å². The van der Waals surface area contributed by atoms with Gasteiger partial charge in [-0.3, -0.25) is 9.59 Å². The molecule has 2 aromatic rings. The lowest BCUT2D eigenvalue weighted by Crippen LogP contribution is -2.49. The van der Waals surface area contributed by atoms with Crippen LogP contribution in [0.1, 0.15) is 43.6 Å². The second kappa shape index (κ2) is 11.4. The maximum atomic E-state index is 12.8. The number of hydrogen-bond acceptors (Lipinski definition) is 4. The van der Waals surface area contributed by atoms with Crippen LogP contribution in [0.25, 0.3) is 0 Å². The fourth-order valence-corrected chi connectivity index (χ4v) is 4.80. The van der Waals surface area contributed by atoms with Gasteiger partial charge in [0.05, 0.1) is 4.90 Å². The Morgan fingerprint density at radius 2 is 1.66 bits per heavy atom. The van der Waals surface area contributed by atoms with Gasteiger partial charge in [0.25, 0.3) is 5.91 Å². The molecule has 0 unspecified atom stereocenters. The van der Waals surface area contributed by atoms with E-state index in [1.54, 1.807) is 26.0 Å². The summed E-state index contributed by atoms with van der Waals surface area (Å²) >= 11 is 5.88. The zero-order valence-electron chi connectivity index (χ0n) is 18.8. The van der Waals surface area contributed by atoms with Crippen molar-refractivity contribution in [1.82, 2.24) is 14.9 Å². The maximum absolute atomic E-state index is 12.8. The summed E-state index contributed by atoms with van der Waals surface area (Å²) in [5.74, 6) is -1.01. The van der Waals surface area contributed by atoms with Crippen molar-refractivity contribution in [2.75, 3.05) is 13.1 Å². The summed E-state index contributed by atoms with van der Waals surface area (Å²) in [7, 11) is -3.70. The third-order valence-electron chi connectivity index (χ3n) is 5.06. The molecule has 0 saturated heterocycles. The molecular formula is C23H30ClN3O4S. The summed E-state index contributed by atoms with van der Waals surface area (Å²) in [5.41, 5.74) is 1.06. The standard InChI is InChI=1S/C23H30ClN3O4S/c1-5-27(6-2)32(30,31)20-9-7-8-18(14-20)22(28)26-21(16(3)4)23(29)25-15-17-10-12-19(24)13-11-17/h7-14,16,21H,5-6,15H2,1-4H3,(H,25,29)(H,26,28)/t21-/m0/s1. The predicted octanol–water partition coefficient (Wildman–Crippen LogP) is 3.44. The predicted molar refractivity (Wildman–Crippen MR) is 126 cm³/mol. The largest absolute Gasteiger partial charge is 0.350 e. The van der Waals surface area contributed by atoms with Crippen LogP contribution in [-0.2, 0) is 21.4 Å². The van der Waals surface area contributed by atoms with E-state index in [1.807, 2.05) is 26.0 Å². The first-order valence-corrected chi connectivity index (χ1v) is 12.3. The van der Waals surface area contributed by atoms with E-state index in [4.69, 9.17) is 11.6 Å². The molecule has 7 nitrogen and oxygen atoms in total. The van der Waals surface area contributed by atoms with E-state index >= 15 is 0 Å². The minimum Gasteiger partial charge on any atom is -0.350 e. The molecule has 0 aromatic heterocycles. The van der Waals surface area contributed by atoms with E-state index in [0.717, 1.165) is 5.56 Å². The van der Waals surface area contributed by atoms with Crippen LogP contribution < -0.4 is 10.6 Å². The van der Waals surface area contributed by atoms with Crippen LogP contribution in [0.3, 0.4) is 0 Å². The van der Waals surface area contributed by atoms with Crippen molar-refractivity contribution in [3.05, 3.63) is 64.7 Å². The first-order valence-electron chi connectivity index (χ1n) is 10.5. The van der Waals surface area contributed by atoms with Gasteiger partial charge in [-0.2, -0.15) is 4.31 Å². The van der Waals surface area contributed by atoms with Crippen LogP contribution in [0.15, 0.2) is 53.4 Å². The molecule has 0 aliphatic rings. The number of carbonyl (C=O) groups excluding carboxylic acids is 2. The van der Waals surface area contributed by atoms with Crippen LogP contribution >= 0.6 is 11.6 Å². The van der Waals surface area contributed by atoms with Crippen molar-refractivity contribution < 1.29 is 18.0 Å². The monoisotopic (exact) mass is 479 g/mol. The molecule has 2 aromatic carbocycles. The normalized spacial score (nSPS) is 12.6. The molecule has 0 spiro atoms. The number of halogens is 1. The molecule has 0 aliphatic carbocycles. The van der Waals surface area contributed by atoms with Crippen molar-refractivity contribution in [2.45, 2.75) is 45.2 Å². The molecule has 9 heteroatoms. The number of hydrogen-bond donors (Lipinski definition) is 2. The molecule has 0 saturated carbocycles. The first kappa shape index (κ1) is 25.8. The highest BCUT2D eigenvalue weighted by Gasteiger charge is 2.26. The molecule has 0 fully saturated rings. The average Bonchev–Trinajstić information content (AvgIpc) is 2.77. The Morgan fingerprint density at radius 3 is 2.22 bits per heavy atom. The topological polar surface area (TPSA) is 95.6 Å². The van der Waals surface area contributed by atoms with Crippen LogP contribution in [0.4, 0.5) is 0 Å². The number of carbonyl (C=O) groups is 2. The van der Waals surface area contributed by atoms with Crippen LogP contribution in [0, 0.1) is 5.92 Å². The van der Waals surface area contributed by atoms with Gasteiger partial charge in [-0.1, -0.05) is 57.5 Å². The van der Waals surface area contributed by atoms with Crippen molar-refractivity contribution in [3.63, 3.8) is 0 Å². The lowest BCUT2D eigenvalue weighted by atomic mass is 10.0. The minimum atomic E-state index is -3.70. The zero-order valence-corrected chi connectivity index (χ0v) is 20.3. The summed E-state index contributed by atoms with van der Waals surface area (Å²) in [4.78, 5) is 25.6.